The first kappa shape index (κ1) is 16.6. The van der Waals surface area contributed by atoms with Gasteiger partial charge in [0.25, 0.3) is 0 Å². The van der Waals surface area contributed by atoms with E-state index in [0.717, 1.165) is 48.6 Å². The van der Waals surface area contributed by atoms with Crippen molar-refractivity contribution >= 4 is 5.82 Å². The summed E-state index contributed by atoms with van der Waals surface area (Å²) in [5, 5.41) is 8.31. The van der Waals surface area contributed by atoms with E-state index in [2.05, 4.69) is 5.32 Å². The maximum Gasteiger partial charge on any atom is 0.145 e. The number of fused-ring (bicyclic) bond motifs is 1. The third-order valence-electron chi connectivity index (χ3n) is 4.65. The summed E-state index contributed by atoms with van der Waals surface area (Å²) in [6.45, 7) is 3.42. The second-order valence-electron chi connectivity index (χ2n) is 6.35. The average molecular weight is 351 g/mol. The molecule has 2 heterocycles. The van der Waals surface area contributed by atoms with Crippen LogP contribution in [0.2, 0.25) is 0 Å². The van der Waals surface area contributed by atoms with Crippen LogP contribution in [0.25, 0.3) is 16.9 Å². The molecule has 4 nitrogen and oxygen atoms in total. The van der Waals surface area contributed by atoms with Crippen LogP contribution in [-0.2, 0) is 6.42 Å². The average Bonchev–Trinajstić information content (AvgIpc) is 2.84. The SMILES string of the molecule is CCOc1ccccc1-n1nc(-c2ccccc2F)c2c1NCCCC2. The molecule has 0 bridgehead atoms. The predicted molar refractivity (Wildman–Crippen MR) is 102 cm³/mol. The number of benzene rings is 2. The van der Waals surface area contributed by atoms with E-state index in [-0.39, 0.29) is 5.82 Å². The summed E-state index contributed by atoms with van der Waals surface area (Å²) in [5.41, 5.74) is 3.18. The molecule has 0 aliphatic carbocycles. The van der Waals surface area contributed by atoms with E-state index in [4.69, 9.17) is 9.84 Å². The number of nitrogens with one attached hydrogen (secondary N) is 1. The van der Waals surface area contributed by atoms with Gasteiger partial charge in [-0.1, -0.05) is 24.3 Å². The van der Waals surface area contributed by atoms with Crippen LogP contribution in [0.4, 0.5) is 10.2 Å². The van der Waals surface area contributed by atoms with E-state index in [0.29, 0.717) is 17.9 Å². The van der Waals surface area contributed by atoms with Crippen LogP contribution < -0.4 is 10.1 Å². The highest BCUT2D eigenvalue weighted by Gasteiger charge is 2.24. The molecule has 3 aromatic rings. The van der Waals surface area contributed by atoms with Crippen molar-refractivity contribution in [2.75, 3.05) is 18.5 Å². The van der Waals surface area contributed by atoms with Gasteiger partial charge in [0, 0.05) is 17.7 Å². The van der Waals surface area contributed by atoms with Crippen LogP contribution in [0.15, 0.2) is 48.5 Å². The van der Waals surface area contributed by atoms with Gasteiger partial charge in [-0.05, 0) is 50.5 Å². The number of ether oxygens (including phenoxy) is 1. The Hall–Kier alpha value is -2.82. The predicted octanol–water partition coefficient (Wildman–Crippen LogP) is 4.83. The lowest BCUT2D eigenvalue weighted by Crippen LogP contribution is -2.08. The third-order valence-corrected chi connectivity index (χ3v) is 4.65. The highest BCUT2D eigenvalue weighted by atomic mass is 19.1. The smallest absolute Gasteiger partial charge is 0.145 e. The van der Waals surface area contributed by atoms with Gasteiger partial charge < -0.3 is 10.1 Å². The molecule has 0 unspecified atom stereocenters. The van der Waals surface area contributed by atoms with Crippen molar-refractivity contribution in [2.24, 2.45) is 0 Å². The van der Waals surface area contributed by atoms with Crippen molar-refractivity contribution in [3.8, 4) is 22.7 Å². The van der Waals surface area contributed by atoms with Crippen molar-refractivity contribution in [1.29, 1.82) is 0 Å². The fourth-order valence-electron chi connectivity index (χ4n) is 3.46. The van der Waals surface area contributed by atoms with E-state index in [1.165, 1.54) is 6.07 Å². The first-order chi connectivity index (χ1) is 12.8. The lowest BCUT2D eigenvalue weighted by Gasteiger charge is -2.13. The number of anilines is 1. The van der Waals surface area contributed by atoms with Gasteiger partial charge in [0.15, 0.2) is 0 Å². The molecule has 5 heteroatoms. The molecule has 26 heavy (non-hydrogen) atoms. The number of halogens is 1. The summed E-state index contributed by atoms with van der Waals surface area (Å²) in [6.07, 6.45) is 3.02. The normalized spacial score (nSPS) is 13.6. The van der Waals surface area contributed by atoms with Crippen LogP contribution in [0, 0.1) is 5.82 Å². The Morgan fingerprint density at radius 3 is 2.77 bits per heavy atom. The molecular formula is C21H22FN3O. The Morgan fingerprint density at radius 1 is 1.12 bits per heavy atom. The van der Waals surface area contributed by atoms with E-state index < -0.39 is 0 Å². The van der Waals surface area contributed by atoms with Gasteiger partial charge >= 0.3 is 0 Å². The van der Waals surface area contributed by atoms with Crippen LogP contribution in [0.5, 0.6) is 5.75 Å². The molecule has 2 aromatic carbocycles. The largest absolute Gasteiger partial charge is 0.492 e. The molecule has 0 radical (unpaired) electrons. The molecule has 1 aliphatic rings. The molecule has 4 rings (SSSR count). The minimum absolute atomic E-state index is 0.248. The Balaban J connectivity index is 1.93. The number of rotatable bonds is 4. The molecule has 134 valence electrons. The first-order valence-corrected chi connectivity index (χ1v) is 9.12. The van der Waals surface area contributed by atoms with Crippen LogP contribution >= 0.6 is 0 Å². The minimum Gasteiger partial charge on any atom is -0.492 e. The zero-order valence-electron chi connectivity index (χ0n) is 14.8. The topological polar surface area (TPSA) is 39.1 Å². The van der Waals surface area contributed by atoms with E-state index in [1.54, 1.807) is 12.1 Å². The first-order valence-electron chi connectivity index (χ1n) is 9.12. The molecule has 0 fully saturated rings. The summed E-state index contributed by atoms with van der Waals surface area (Å²) in [4.78, 5) is 0. The number of aromatic nitrogens is 2. The maximum atomic E-state index is 14.5. The molecule has 0 spiro atoms. The standard InChI is InChI=1S/C21H22FN3O/c1-2-26-19-13-6-5-12-18(19)25-21-16(10-7-8-14-23-21)20(24-25)15-9-3-4-11-17(15)22/h3-6,9,11-13,23H,2,7-8,10,14H2,1H3. The van der Waals surface area contributed by atoms with E-state index in [9.17, 15) is 4.39 Å². The van der Waals surface area contributed by atoms with Gasteiger partial charge in [0.2, 0.25) is 0 Å². The van der Waals surface area contributed by atoms with Gasteiger partial charge in [-0.2, -0.15) is 5.10 Å². The van der Waals surface area contributed by atoms with Crippen molar-refractivity contribution in [3.05, 3.63) is 59.9 Å². The molecule has 0 amide bonds. The Morgan fingerprint density at radius 2 is 1.92 bits per heavy atom. The van der Waals surface area contributed by atoms with Crippen molar-refractivity contribution in [1.82, 2.24) is 9.78 Å². The zero-order valence-corrected chi connectivity index (χ0v) is 14.8. The Labute approximate surface area is 152 Å². The Bertz CT molecular complexity index is 919. The molecule has 1 aromatic heterocycles. The summed E-state index contributed by atoms with van der Waals surface area (Å²) in [6, 6.07) is 14.7. The molecular weight excluding hydrogens is 329 g/mol. The number of hydrogen-bond donors (Lipinski definition) is 1. The fourth-order valence-corrected chi connectivity index (χ4v) is 3.46. The molecule has 1 N–H and O–H groups in total. The molecule has 1 aliphatic heterocycles. The van der Waals surface area contributed by atoms with Crippen LogP contribution in [0.1, 0.15) is 25.3 Å². The van der Waals surface area contributed by atoms with Crippen molar-refractivity contribution in [3.63, 3.8) is 0 Å². The van der Waals surface area contributed by atoms with Gasteiger partial charge in [0.05, 0.1) is 6.61 Å². The number of hydrogen-bond acceptors (Lipinski definition) is 3. The Kier molecular flexibility index (Phi) is 4.61. The highest BCUT2D eigenvalue weighted by Crippen LogP contribution is 2.36. The zero-order chi connectivity index (χ0) is 17.9. The van der Waals surface area contributed by atoms with E-state index in [1.807, 2.05) is 41.9 Å². The molecule has 0 saturated carbocycles. The summed E-state index contributed by atoms with van der Waals surface area (Å²) in [5.74, 6) is 1.46. The summed E-state index contributed by atoms with van der Waals surface area (Å²) >= 11 is 0. The third kappa shape index (κ3) is 2.94. The summed E-state index contributed by atoms with van der Waals surface area (Å²) in [7, 11) is 0. The van der Waals surface area contributed by atoms with Gasteiger partial charge in [0.1, 0.15) is 28.8 Å². The lowest BCUT2D eigenvalue weighted by molar-refractivity contribution is 0.338. The maximum absolute atomic E-state index is 14.5. The summed E-state index contributed by atoms with van der Waals surface area (Å²) < 4.78 is 22.1. The quantitative estimate of drug-likeness (QED) is 0.732. The number of nitrogens with zero attached hydrogens (tertiary/aromatic N) is 2. The minimum atomic E-state index is -0.248. The van der Waals surface area contributed by atoms with Gasteiger partial charge in [-0.25, -0.2) is 9.07 Å². The van der Waals surface area contributed by atoms with Crippen molar-refractivity contribution in [2.45, 2.75) is 26.2 Å². The second-order valence-corrected chi connectivity index (χ2v) is 6.35. The number of para-hydroxylation sites is 2. The molecule has 0 atom stereocenters. The van der Waals surface area contributed by atoms with Gasteiger partial charge in [-0.15, -0.1) is 0 Å². The molecule has 0 saturated heterocycles. The van der Waals surface area contributed by atoms with E-state index >= 15 is 0 Å². The monoisotopic (exact) mass is 351 g/mol. The second kappa shape index (κ2) is 7.20. The van der Waals surface area contributed by atoms with Gasteiger partial charge in [-0.3, -0.25) is 0 Å². The fraction of sp³-hybridized carbons (Fsp3) is 0.286. The lowest BCUT2D eigenvalue weighted by atomic mass is 10.0. The van der Waals surface area contributed by atoms with Crippen LogP contribution in [-0.4, -0.2) is 22.9 Å². The van der Waals surface area contributed by atoms with Crippen molar-refractivity contribution < 1.29 is 9.13 Å². The van der Waals surface area contributed by atoms with Crippen LogP contribution in [0.3, 0.4) is 0 Å². The highest BCUT2D eigenvalue weighted by molar-refractivity contribution is 5.72.